The van der Waals surface area contributed by atoms with Gasteiger partial charge in [0, 0.05) is 23.8 Å². The molecule has 0 aliphatic rings. The summed E-state index contributed by atoms with van der Waals surface area (Å²) in [6.07, 6.45) is 0. The maximum Gasteiger partial charge on any atom is 0.272 e. The zero-order valence-electron chi connectivity index (χ0n) is 17.9. The average molecular weight is 472 g/mol. The molecule has 0 bridgehead atoms. The summed E-state index contributed by atoms with van der Waals surface area (Å²) in [5, 5.41) is 10.9. The first-order valence-corrected chi connectivity index (χ1v) is 10.9. The van der Waals surface area contributed by atoms with Crippen LogP contribution in [0, 0.1) is 10.1 Å². The molecule has 11 heteroatoms. The lowest BCUT2D eigenvalue weighted by molar-refractivity contribution is -0.384. The van der Waals surface area contributed by atoms with Gasteiger partial charge in [-0.15, -0.1) is 0 Å². The van der Waals surface area contributed by atoms with E-state index in [1.165, 1.54) is 75.9 Å². The Bertz CT molecular complexity index is 1270. The molecule has 1 amide bonds. The van der Waals surface area contributed by atoms with E-state index in [0.29, 0.717) is 15.8 Å². The SMILES string of the molecule is COc1ccc(N(C(=O)c2ccc([N+](=O)[O-])cc2)S(=O)(=O)c2ccc(OC)c(OC)c2)cc1. The lowest BCUT2D eigenvalue weighted by atomic mass is 10.2. The van der Waals surface area contributed by atoms with Gasteiger partial charge in [-0.2, -0.15) is 4.31 Å². The standard InChI is InChI=1S/C22H20N2O8S/c1-30-18-10-8-16(9-11-18)23(22(25)15-4-6-17(7-5-15)24(26)27)33(28,29)19-12-13-20(31-2)21(14-19)32-3/h4-14H,1-3H3. The summed E-state index contributed by atoms with van der Waals surface area (Å²) in [5.41, 5.74) is -0.236. The van der Waals surface area contributed by atoms with Crippen LogP contribution in [-0.2, 0) is 10.0 Å². The number of carbonyl (C=O) groups is 1. The summed E-state index contributed by atoms with van der Waals surface area (Å²) < 4.78 is 43.3. The van der Waals surface area contributed by atoms with Crippen molar-refractivity contribution in [3.05, 3.63) is 82.4 Å². The number of nitro groups is 1. The Morgan fingerprint density at radius 1 is 0.848 bits per heavy atom. The molecule has 0 unspecified atom stereocenters. The van der Waals surface area contributed by atoms with Gasteiger partial charge in [0.05, 0.1) is 36.8 Å². The molecule has 10 nitrogen and oxygen atoms in total. The summed E-state index contributed by atoms with van der Waals surface area (Å²) in [5.74, 6) is 0.0417. The molecule has 3 aromatic rings. The van der Waals surface area contributed by atoms with E-state index in [1.807, 2.05) is 0 Å². The van der Waals surface area contributed by atoms with Gasteiger partial charge in [-0.1, -0.05) is 0 Å². The van der Waals surface area contributed by atoms with E-state index in [2.05, 4.69) is 0 Å². The number of non-ortho nitro benzene ring substituents is 1. The zero-order valence-corrected chi connectivity index (χ0v) is 18.7. The predicted molar refractivity (Wildman–Crippen MR) is 120 cm³/mol. The molecule has 0 atom stereocenters. The van der Waals surface area contributed by atoms with Crippen LogP contribution in [0.2, 0.25) is 0 Å². The number of sulfonamides is 1. The van der Waals surface area contributed by atoms with Gasteiger partial charge in [-0.3, -0.25) is 14.9 Å². The fourth-order valence-corrected chi connectivity index (χ4v) is 4.44. The first kappa shape index (κ1) is 23.5. The molecule has 33 heavy (non-hydrogen) atoms. The molecule has 0 radical (unpaired) electrons. The molecule has 0 saturated carbocycles. The summed E-state index contributed by atoms with van der Waals surface area (Å²) in [6.45, 7) is 0. The summed E-state index contributed by atoms with van der Waals surface area (Å²) in [6, 6.07) is 14.4. The highest BCUT2D eigenvalue weighted by Gasteiger charge is 2.33. The van der Waals surface area contributed by atoms with Crippen LogP contribution in [0.3, 0.4) is 0 Å². The van der Waals surface area contributed by atoms with Gasteiger partial charge in [0.2, 0.25) is 0 Å². The van der Waals surface area contributed by atoms with Crippen molar-refractivity contribution >= 4 is 27.3 Å². The van der Waals surface area contributed by atoms with Crippen molar-refractivity contribution in [1.29, 1.82) is 0 Å². The van der Waals surface area contributed by atoms with E-state index in [-0.39, 0.29) is 27.6 Å². The number of amides is 1. The molecule has 3 rings (SSSR count). The molecule has 0 aromatic heterocycles. The topological polar surface area (TPSA) is 125 Å². The number of nitro benzene ring substituents is 1. The van der Waals surface area contributed by atoms with Crippen LogP contribution in [0.25, 0.3) is 0 Å². The Morgan fingerprint density at radius 2 is 1.45 bits per heavy atom. The van der Waals surface area contributed by atoms with Crippen LogP contribution in [0.1, 0.15) is 10.4 Å². The zero-order chi connectivity index (χ0) is 24.2. The van der Waals surface area contributed by atoms with Crippen LogP contribution >= 0.6 is 0 Å². The molecule has 0 aliphatic carbocycles. The minimum absolute atomic E-state index is 0.0499. The number of benzene rings is 3. The van der Waals surface area contributed by atoms with E-state index in [9.17, 15) is 23.3 Å². The van der Waals surface area contributed by atoms with Crippen molar-refractivity contribution < 1.29 is 32.3 Å². The van der Waals surface area contributed by atoms with Gasteiger partial charge in [0.15, 0.2) is 11.5 Å². The second-order valence-corrected chi connectivity index (χ2v) is 8.38. The summed E-state index contributed by atoms with van der Waals surface area (Å²) in [7, 11) is -0.209. The molecule has 0 fully saturated rings. The van der Waals surface area contributed by atoms with Gasteiger partial charge in [-0.05, 0) is 48.5 Å². The van der Waals surface area contributed by atoms with Gasteiger partial charge in [-0.25, -0.2) is 8.42 Å². The van der Waals surface area contributed by atoms with Gasteiger partial charge in [0.1, 0.15) is 5.75 Å². The van der Waals surface area contributed by atoms with E-state index in [0.717, 1.165) is 12.1 Å². The maximum atomic E-state index is 13.6. The Kier molecular flexibility index (Phi) is 6.83. The molecular formula is C22H20N2O8S. The minimum atomic E-state index is -4.43. The van der Waals surface area contributed by atoms with Crippen molar-refractivity contribution in [2.75, 3.05) is 25.6 Å². The fourth-order valence-electron chi connectivity index (χ4n) is 3.01. The van der Waals surface area contributed by atoms with E-state index in [4.69, 9.17) is 14.2 Å². The van der Waals surface area contributed by atoms with Crippen LogP contribution in [0.5, 0.6) is 17.2 Å². The molecule has 0 N–H and O–H groups in total. The third-order valence-corrected chi connectivity index (χ3v) is 6.42. The number of hydrogen-bond acceptors (Lipinski definition) is 8. The van der Waals surface area contributed by atoms with Gasteiger partial charge < -0.3 is 14.2 Å². The Balaban J connectivity index is 2.15. The van der Waals surface area contributed by atoms with Crippen molar-refractivity contribution in [2.45, 2.75) is 4.90 Å². The van der Waals surface area contributed by atoms with Crippen LogP contribution in [0.4, 0.5) is 11.4 Å². The van der Waals surface area contributed by atoms with Gasteiger partial charge in [0.25, 0.3) is 21.6 Å². The summed E-state index contributed by atoms with van der Waals surface area (Å²) >= 11 is 0. The number of nitrogens with zero attached hydrogens (tertiary/aromatic N) is 2. The molecule has 0 spiro atoms. The molecular weight excluding hydrogens is 452 g/mol. The highest BCUT2D eigenvalue weighted by atomic mass is 32.2. The number of ether oxygens (including phenoxy) is 3. The second-order valence-electron chi connectivity index (χ2n) is 6.59. The monoisotopic (exact) mass is 472 g/mol. The first-order valence-electron chi connectivity index (χ1n) is 9.43. The van der Waals surface area contributed by atoms with Crippen LogP contribution < -0.4 is 18.5 Å². The fraction of sp³-hybridized carbons (Fsp3) is 0.136. The third kappa shape index (κ3) is 4.72. The molecule has 3 aromatic carbocycles. The molecule has 172 valence electrons. The van der Waals surface area contributed by atoms with Crippen LogP contribution in [-0.4, -0.2) is 40.6 Å². The largest absolute Gasteiger partial charge is 0.497 e. The van der Waals surface area contributed by atoms with Crippen molar-refractivity contribution in [1.82, 2.24) is 0 Å². The van der Waals surface area contributed by atoms with E-state index >= 15 is 0 Å². The lowest BCUT2D eigenvalue weighted by Crippen LogP contribution is -2.37. The van der Waals surface area contributed by atoms with Gasteiger partial charge >= 0.3 is 0 Å². The molecule has 0 aliphatic heterocycles. The molecule has 0 heterocycles. The molecule has 0 saturated heterocycles. The predicted octanol–water partition coefficient (Wildman–Crippen LogP) is 3.66. The minimum Gasteiger partial charge on any atom is -0.497 e. The second kappa shape index (κ2) is 9.57. The number of carbonyl (C=O) groups excluding carboxylic acids is 1. The first-order chi connectivity index (χ1) is 15.7. The third-order valence-electron chi connectivity index (χ3n) is 4.71. The average Bonchev–Trinajstić information content (AvgIpc) is 2.83. The van der Waals surface area contributed by atoms with Crippen molar-refractivity contribution in [3.63, 3.8) is 0 Å². The number of methoxy groups -OCH3 is 3. The lowest BCUT2D eigenvalue weighted by Gasteiger charge is -2.23. The highest BCUT2D eigenvalue weighted by molar-refractivity contribution is 7.93. The highest BCUT2D eigenvalue weighted by Crippen LogP contribution is 2.33. The Hall–Kier alpha value is -4.12. The Labute approximate surface area is 190 Å². The normalized spacial score (nSPS) is 10.9. The quantitative estimate of drug-likeness (QED) is 0.359. The van der Waals surface area contributed by atoms with E-state index < -0.39 is 20.9 Å². The van der Waals surface area contributed by atoms with E-state index in [1.54, 1.807) is 0 Å². The Morgan fingerprint density at radius 3 is 1.97 bits per heavy atom. The summed E-state index contributed by atoms with van der Waals surface area (Å²) in [4.78, 5) is 23.5. The maximum absolute atomic E-state index is 13.6. The number of rotatable bonds is 8. The van der Waals surface area contributed by atoms with Crippen LogP contribution in [0.15, 0.2) is 71.6 Å². The van der Waals surface area contributed by atoms with Crippen molar-refractivity contribution in [3.8, 4) is 17.2 Å². The number of anilines is 1. The van der Waals surface area contributed by atoms with Crippen molar-refractivity contribution in [2.24, 2.45) is 0 Å². The number of hydrogen-bond donors (Lipinski definition) is 0. The smallest absolute Gasteiger partial charge is 0.272 e.